The average Bonchev–Trinajstić information content (AvgIpc) is 2.88. The normalized spacial score (nSPS) is 10.5. The number of aromatic nitrogens is 4. The van der Waals surface area contributed by atoms with Gasteiger partial charge in [0, 0.05) is 17.2 Å². The maximum absolute atomic E-state index is 12.2. The summed E-state index contributed by atoms with van der Waals surface area (Å²) < 4.78 is 3.04. The van der Waals surface area contributed by atoms with E-state index in [0.717, 1.165) is 9.15 Å². The fourth-order valence-electron chi connectivity index (χ4n) is 2.01. The van der Waals surface area contributed by atoms with Crippen LogP contribution in [0.3, 0.4) is 0 Å². The molecule has 0 aliphatic carbocycles. The molecule has 2 aromatic carbocycles. The van der Waals surface area contributed by atoms with Crippen molar-refractivity contribution in [2.45, 2.75) is 0 Å². The van der Waals surface area contributed by atoms with Gasteiger partial charge in [0.2, 0.25) is 0 Å². The highest BCUT2D eigenvalue weighted by Gasteiger charge is 2.10. The van der Waals surface area contributed by atoms with Crippen LogP contribution in [0.15, 0.2) is 57.8 Å². The number of hydrogen-bond acceptors (Lipinski definition) is 4. The van der Waals surface area contributed by atoms with Gasteiger partial charge in [0.05, 0.1) is 11.3 Å². The van der Waals surface area contributed by atoms with Crippen LogP contribution in [-0.4, -0.2) is 25.7 Å². The fourth-order valence-corrected chi connectivity index (χ4v) is 2.47. The Morgan fingerprint density at radius 2 is 1.78 bits per heavy atom. The van der Waals surface area contributed by atoms with Gasteiger partial charge in [-0.1, -0.05) is 12.1 Å². The van der Waals surface area contributed by atoms with Crippen LogP contribution in [-0.2, 0) is 7.05 Å². The highest BCUT2D eigenvalue weighted by Crippen LogP contribution is 2.18. The lowest BCUT2D eigenvalue weighted by atomic mass is 10.2. The van der Waals surface area contributed by atoms with Gasteiger partial charge in [-0.15, -0.1) is 0 Å². The molecule has 0 bridgehead atoms. The second-order valence-electron chi connectivity index (χ2n) is 4.78. The van der Waals surface area contributed by atoms with Gasteiger partial charge in [-0.3, -0.25) is 4.79 Å². The molecule has 0 saturated carbocycles. The largest absolute Gasteiger partial charge is 0.368 e. The molecule has 23 heavy (non-hydrogen) atoms. The van der Waals surface area contributed by atoms with Crippen molar-refractivity contribution in [3.05, 3.63) is 69.1 Å². The number of benzene rings is 2. The van der Waals surface area contributed by atoms with Crippen molar-refractivity contribution in [2.75, 3.05) is 5.32 Å². The SMILES string of the molecule is Cn1nnn(-c2ccc(NC(=O)c3ccccc3Br)cc2)c1=O. The number of rotatable bonds is 3. The van der Waals surface area contributed by atoms with Crippen molar-refractivity contribution < 1.29 is 4.79 Å². The molecule has 3 aromatic rings. The van der Waals surface area contributed by atoms with E-state index in [0.29, 0.717) is 16.9 Å². The number of anilines is 1. The molecule has 1 N–H and O–H groups in total. The summed E-state index contributed by atoms with van der Waals surface area (Å²) in [4.78, 5) is 24.0. The van der Waals surface area contributed by atoms with Crippen LogP contribution < -0.4 is 11.0 Å². The van der Waals surface area contributed by atoms with Crippen LogP contribution in [0.2, 0.25) is 0 Å². The van der Waals surface area contributed by atoms with Crippen LogP contribution in [0.4, 0.5) is 5.69 Å². The van der Waals surface area contributed by atoms with E-state index in [1.807, 2.05) is 6.07 Å². The predicted octanol–water partition coefficient (Wildman–Crippen LogP) is 1.98. The Morgan fingerprint density at radius 1 is 1.09 bits per heavy atom. The Labute approximate surface area is 139 Å². The van der Waals surface area contributed by atoms with Crippen molar-refractivity contribution >= 4 is 27.5 Å². The molecule has 1 aromatic heterocycles. The van der Waals surface area contributed by atoms with Crippen molar-refractivity contribution in [2.24, 2.45) is 7.05 Å². The summed E-state index contributed by atoms with van der Waals surface area (Å²) in [6.45, 7) is 0. The van der Waals surface area contributed by atoms with E-state index in [4.69, 9.17) is 0 Å². The maximum Gasteiger partial charge on any atom is 0.368 e. The zero-order valence-corrected chi connectivity index (χ0v) is 13.7. The lowest BCUT2D eigenvalue weighted by molar-refractivity contribution is 0.102. The Hall–Kier alpha value is -2.74. The summed E-state index contributed by atoms with van der Waals surface area (Å²) in [6.07, 6.45) is 0. The van der Waals surface area contributed by atoms with Crippen LogP contribution in [0.1, 0.15) is 10.4 Å². The number of nitrogens with zero attached hydrogens (tertiary/aromatic N) is 4. The molecule has 8 heteroatoms. The molecule has 0 radical (unpaired) electrons. The number of carbonyl (C=O) groups is 1. The first-order chi connectivity index (χ1) is 11.1. The molecular formula is C15H12BrN5O2. The number of hydrogen-bond donors (Lipinski definition) is 1. The Morgan fingerprint density at radius 3 is 2.39 bits per heavy atom. The first-order valence-electron chi connectivity index (χ1n) is 6.71. The third kappa shape index (κ3) is 3.07. The van der Waals surface area contributed by atoms with E-state index in [-0.39, 0.29) is 11.6 Å². The molecule has 1 amide bonds. The highest BCUT2D eigenvalue weighted by molar-refractivity contribution is 9.10. The number of carbonyl (C=O) groups excluding carboxylic acids is 1. The monoisotopic (exact) mass is 373 g/mol. The van der Waals surface area contributed by atoms with Gasteiger partial charge in [-0.2, -0.15) is 9.36 Å². The minimum Gasteiger partial charge on any atom is -0.322 e. The molecule has 0 saturated heterocycles. The summed E-state index contributed by atoms with van der Waals surface area (Å²) in [7, 11) is 1.53. The second-order valence-corrected chi connectivity index (χ2v) is 5.63. The van der Waals surface area contributed by atoms with Gasteiger partial charge in [-0.05, 0) is 62.8 Å². The average molecular weight is 374 g/mol. The van der Waals surface area contributed by atoms with Crippen molar-refractivity contribution in [1.29, 1.82) is 0 Å². The summed E-state index contributed by atoms with van der Waals surface area (Å²) in [5, 5.41) is 10.2. The zero-order valence-electron chi connectivity index (χ0n) is 12.1. The lowest BCUT2D eigenvalue weighted by Gasteiger charge is -2.07. The van der Waals surface area contributed by atoms with Gasteiger partial charge in [0.1, 0.15) is 0 Å². The predicted molar refractivity (Wildman–Crippen MR) is 88.7 cm³/mol. The van der Waals surface area contributed by atoms with Crippen LogP contribution in [0.5, 0.6) is 0 Å². The summed E-state index contributed by atoms with van der Waals surface area (Å²) >= 11 is 3.35. The standard InChI is InChI=1S/C15H12BrN5O2/c1-20-15(23)21(19-18-20)11-8-6-10(7-9-11)17-14(22)12-4-2-3-5-13(12)16/h2-9H,1H3,(H,17,22). The van der Waals surface area contributed by atoms with E-state index in [1.165, 1.54) is 11.7 Å². The molecule has 0 unspecified atom stereocenters. The van der Waals surface area contributed by atoms with Crippen LogP contribution in [0.25, 0.3) is 5.69 Å². The summed E-state index contributed by atoms with van der Waals surface area (Å²) in [6, 6.07) is 13.9. The van der Waals surface area contributed by atoms with Gasteiger partial charge in [-0.25, -0.2) is 4.79 Å². The number of nitrogens with one attached hydrogen (secondary N) is 1. The van der Waals surface area contributed by atoms with Gasteiger partial charge >= 0.3 is 5.69 Å². The lowest BCUT2D eigenvalue weighted by Crippen LogP contribution is -2.21. The Balaban J connectivity index is 1.81. The van der Waals surface area contributed by atoms with E-state index in [1.54, 1.807) is 42.5 Å². The molecule has 0 aliphatic rings. The Kier molecular flexibility index (Phi) is 4.07. The van der Waals surface area contributed by atoms with Crippen molar-refractivity contribution in [3.8, 4) is 5.69 Å². The van der Waals surface area contributed by atoms with Crippen molar-refractivity contribution in [1.82, 2.24) is 19.8 Å². The maximum atomic E-state index is 12.2. The molecular weight excluding hydrogens is 362 g/mol. The molecule has 116 valence electrons. The molecule has 1 heterocycles. The third-order valence-corrected chi connectivity index (χ3v) is 3.90. The van der Waals surface area contributed by atoms with Crippen LogP contribution >= 0.6 is 15.9 Å². The first-order valence-corrected chi connectivity index (χ1v) is 7.51. The molecule has 3 rings (SSSR count). The minimum absolute atomic E-state index is 0.220. The molecule has 0 aliphatic heterocycles. The molecule has 0 spiro atoms. The number of amides is 1. The van der Waals surface area contributed by atoms with E-state index in [2.05, 4.69) is 31.7 Å². The first kappa shape index (κ1) is 15.2. The minimum atomic E-state index is -0.338. The summed E-state index contributed by atoms with van der Waals surface area (Å²) in [5.41, 5.74) is 1.39. The van der Waals surface area contributed by atoms with Crippen molar-refractivity contribution in [3.63, 3.8) is 0 Å². The smallest absolute Gasteiger partial charge is 0.322 e. The number of halogens is 1. The molecule has 0 atom stereocenters. The van der Waals surface area contributed by atoms with E-state index < -0.39 is 0 Å². The topological polar surface area (TPSA) is 81.8 Å². The van der Waals surface area contributed by atoms with Gasteiger partial charge in [0.15, 0.2) is 0 Å². The van der Waals surface area contributed by atoms with E-state index in [9.17, 15) is 9.59 Å². The van der Waals surface area contributed by atoms with E-state index >= 15 is 0 Å². The Bertz CT molecular complexity index is 914. The van der Waals surface area contributed by atoms with Crippen LogP contribution in [0, 0.1) is 0 Å². The number of aryl methyl sites for hydroxylation is 1. The quantitative estimate of drug-likeness (QED) is 0.760. The highest BCUT2D eigenvalue weighted by atomic mass is 79.9. The van der Waals surface area contributed by atoms with Gasteiger partial charge < -0.3 is 5.32 Å². The zero-order chi connectivity index (χ0) is 16.4. The number of tetrazole rings is 1. The fraction of sp³-hybridized carbons (Fsp3) is 0.0667. The second kappa shape index (κ2) is 6.17. The molecule has 0 fully saturated rings. The molecule has 7 nitrogen and oxygen atoms in total. The van der Waals surface area contributed by atoms with Gasteiger partial charge in [0.25, 0.3) is 5.91 Å². The summed E-state index contributed by atoms with van der Waals surface area (Å²) in [5.74, 6) is -0.220. The third-order valence-electron chi connectivity index (χ3n) is 3.21.